The van der Waals surface area contributed by atoms with Gasteiger partial charge in [0.25, 0.3) is 11.8 Å². The largest absolute Gasteiger partial charge is 0.510 e. The summed E-state index contributed by atoms with van der Waals surface area (Å²) < 4.78 is 11.0. The Labute approximate surface area is 229 Å². The molecule has 5 N–H and O–H groups in total. The molecular formula is C28H30N4O8. The lowest BCUT2D eigenvalue weighted by molar-refractivity contribution is -0.138. The van der Waals surface area contributed by atoms with Crippen LogP contribution in [-0.2, 0) is 25.5 Å². The van der Waals surface area contributed by atoms with E-state index < -0.39 is 58.4 Å². The Bertz CT molecular complexity index is 1500. The van der Waals surface area contributed by atoms with Crippen molar-refractivity contribution in [2.45, 2.75) is 38.6 Å². The van der Waals surface area contributed by atoms with Crippen LogP contribution in [-0.4, -0.2) is 80.2 Å². The van der Waals surface area contributed by atoms with Crippen LogP contribution in [0.3, 0.4) is 0 Å². The van der Waals surface area contributed by atoms with E-state index in [4.69, 9.17) is 15.0 Å². The molecule has 1 aromatic carbocycles. The Kier molecular flexibility index (Phi) is 6.26. The SMILES string of the molecule is CC(C)c1noc(-c2ccc(O)c3c2CC2CC4C(C(=O)C(C(N)=O)=C(O)C4N4CCOCC4)C(=O)C2=C3O)n1. The van der Waals surface area contributed by atoms with Gasteiger partial charge in [0, 0.05) is 30.1 Å². The average molecular weight is 551 g/mol. The molecule has 6 rings (SSSR count). The molecular weight excluding hydrogens is 520 g/mol. The summed E-state index contributed by atoms with van der Waals surface area (Å²) in [7, 11) is 0. The van der Waals surface area contributed by atoms with Gasteiger partial charge < -0.3 is 30.3 Å². The second-order valence-electron chi connectivity index (χ2n) is 11.1. The molecule has 1 aliphatic heterocycles. The van der Waals surface area contributed by atoms with Gasteiger partial charge in [-0.2, -0.15) is 4.98 Å². The topological polar surface area (TPSA) is 189 Å². The monoisotopic (exact) mass is 550 g/mol. The first-order valence-corrected chi connectivity index (χ1v) is 13.4. The van der Waals surface area contributed by atoms with E-state index in [0.29, 0.717) is 43.3 Å². The van der Waals surface area contributed by atoms with Crippen LogP contribution in [0.2, 0.25) is 0 Å². The second kappa shape index (κ2) is 9.56. The van der Waals surface area contributed by atoms with E-state index in [1.807, 2.05) is 18.7 Å². The highest BCUT2D eigenvalue weighted by molar-refractivity contribution is 6.28. The number of carbonyl (C=O) groups is 3. The molecule has 4 unspecified atom stereocenters. The third-order valence-corrected chi connectivity index (χ3v) is 8.52. The smallest absolute Gasteiger partial charge is 0.258 e. The molecule has 3 aliphatic carbocycles. The van der Waals surface area contributed by atoms with Gasteiger partial charge in [0.15, 0.2) is 17.4 Å². The number of allylic oxidation sites excluding steroid dienone is 1. The summed E-state index contributed by atoms with van der Waals surface area (Å²) in [6.45, 7) is 5.50. The van der Waals surface area contributed by atoms with Crippen molar-refractivity contribution in [3.05, 3.63) is 46.0 Å². The zero-order chi connectivity index (χ0) is 28.5. The van der Waals surface area contributed by atoms with Crippen LogP contribution in [0.15, 0.2) is 33.6 Å². The molecule has 210 valence electrons. The van der Waals surface area contributed by atoms with Crippen LogP contribution >= 0.6 is 0 Å². The highest BCUT2D eigenvalue weighted by Gasteiger charge is 2.56. The summed E-state index contributed by atoms with van der Waals surface area (Å²) in [6.07, 6.45) is 0.499. The number of rotatable bonds is 4. The van der Waals surface area contributed by atoms with Crippen LogP contribution < -0.4 is 5.73 Å². The van der Waals surface area contributed by atoms with Crippen molar-refractivity contribution in [2.24, 2.45) is 23.5 Å². The summed E-state index contributed by atoms with van der Waals surface area (Å²) in [5.41, 5.74) is 6.07. The lowest BCUT2D eigenvalue weighted by Crippen LogP contribution is -2.58. The number of Topliss-reactive ketones (excluding diaryl/α,β-unsaturated/α-hetero) is 2. The number of benzene rings is 1. The minimum Gasteiger partial charge on any atom is -0.510 e. The van der Waals surface area contributed by atoms with Gasteiger partial charge in [-0.15, -0.1) is 0 Å². The summed E-state index contributed by atoms with van der Waals surface area (Å²) >= 11 is 0. The van der Waals surface area contributed by atoms with Crippen LogP contribution in [0.1, 0.15) is 43.1 Å². The first kappa shape index (κ1) is 26.2. The Balaban J connectivity index is 1.48. The van der Waals surface area contributed by atoms with Crippen LogP contribution in [0, 0.1) is 17.8 Å². The number of morpholine rings is 1. The molecule has 1 saturated heterocycles. The summed E-state index contributed by atoms with van der Waals surface area (Å²) in [6, 6.07) is 2.22. The van der Waals surface area contributed by atoms with Gasteiger partial charge in [-0.25, -0.2) is 0 Å². The fraction of sp³-hybridized carbons (Fsp3) is 0.464. The minimum absolute atomic E-state index is 0.0187. The van der Waals surface area contributed by atoms with E-state index in [1.54, 1.807) is 6.07 Å². The third-order valence-electron chi connectivity index (χ3n) is 8.52. The molecule has 1 amide bonds. The molecule has 2 aromatic rings. The first-order chi connectivity index (χ1) is 19.1. The fourth-order valence-corrected chi connectivity index (χ4v) is 6.72. The predicted octanol–water partition coefficient (Wildman–Crippen LogP) is 1.79. The van der Waals surface area contributed by atoms with E-state index >= 15 is 0 Å². The maximum Gasteiger partial charge on any atom is 0.258 e. The summed E-state index contributed by atoms with van der Waals surface area (Å²) in [5.74, 6) is -5.44. The molecule has 2 fully saturated rings. The first-order valence-electron chi connectivity index (χ1n) is 13.4. The molecule has 40 heavy (non-hydrogen) atoms. The number of nitrogens with two attached hydrogens (primary N) is 1. The molecule has 4 atom stereocenters. The van der Waals surface area contributed by atoms with Crippen molar-refractivity contribution in [3.8, 4) is 17.2 Å². The standard InChI is InChI=1S/C28H30N4O8/c1-11(2)27-30-28(40-31-27)13-3-4-16(33)18-14(13)9-12-10-15-19(23(35)17(12)22(18)34)24(36)20(26(29)38)25(37)21(15)32-5-7-39-8-6-32/h3-4,11-12,15,19,21,33-34,37H,5-10H2,1-2H3,(H2,29,38). The number of hydrogen-bond acceptors (Lipinski definition) is 11. The van der Waals surface area contributed by atoms with Crippen molar-refractivity contribution in [1.29, 1.82) is 0 Å². The third kappa shape index (κ3) is 3.85. The Morgan fingerprint density at radius 2 is 1.85 bits per heavy atom. The number of hydrogen-bond donors (Lipinski definition) is 4. The summed E-state index contributed by atoms with van der Waals surface area (Å²) in [4.78, 5) is 46.1. The maximum atomic E-state index is 14.0. The highest BCUT2D eigenvalue weighted by Crippen LogP contribution is 2.51. The second-order valence-corrected chi connectivity index (χ2v) is 11.1. The molecule has 4 aliphatic rings. The number of aliphatic hydroxyl groups excluding tert-OH is 2. The van der Waals surface area contributed by atoms with Gasteiger partial charge >= 0.3 is 0 Å². The fourth-order valence-electron chi connectivity index (χ4n) is 6.72. The number of phenolic OH excluding ortho intramolecular Hbond substituents is 1. The van der Waals surface area contributed by atoms with Gasteiger partial charge in [-0.05, 0) is 42.4 Å². The van der Waals surface area contributed by atoms with Gasteiger partial charge in [0.2, 0.25) is 0 Å². The summed E-state index contributed by atoms with van der Waals surface area (Å²) in [5, 5.41) is 37.4. The van der Waals surface area contributed by atoms with E-state index in [0.717, 1.165) is 0 Å². The number of aliphatic hydroxyl groups is 2. The zero-order valence-corrected chi connectivity index (χ0v) is 22.1. The molecule has 1 saturated carbocycles. The van der Waals surface area contributed by atoms with E-state index in [-0.39, 0.29) is 41.5 Å². The van der Waals surface area contributed by atoms with Gasteiger partial charge in [0.05, 0.1) is 30.7 Å². The van der Waals surface area contributed by atoms with Crippen LogP contribution in [0.25, 0.3) is 17.2 Å². The highest BCUT2D eigenvalue weighted by atomic mass is 16.5. The normalized spacial score (nSPS) is 27.1. The number of aromatic nitrogens is 2. The Morgan fingerprint density at radius 1 is 1.12 bits per heavy atom. The lowest BCUT2D eigenvalue weighted by Gasteiger charge is -2.48. The quantitative estimate of drug-likeness (QED) is 0.321. The van der Waals surface area contributed by atoms with Crippen molar-refractivity contribution in [1.82, 2.24) is 15.0 Å². The van der Waals surface area contributed by atoms with E-state index in [9.17, 15) is 29.7 Å². The molecule has 12 heteroatoms. The molecule has 0 bridgehead atoms. The van der Waals surface area contributed by atoms with Crippen molar-refractivity contribution in [3.63, 3.8) is 0 Å². The maximum absolute atomic E-state index is 14.0. The molecule has 2 heterocycles. The molecule has 1 aromatic heterocycles. The molecule has 0 radical (unpaired) electrons. The average Bonchev–Trinajstić information content (AvgIpc) is 3.39. The predicted molar refractivity (Wildman–Crippen MR) is 139 cm³/mol. The van der Waals surface area contributed by atoms with E-state index in [2.05, 4.69) is 10.1 Å². The van der Waals surface area contributed by atoms with Crippen molar-refractivity contribution >= 4 is 23.2 Å². The Morgan fingerprint density at radius 3 is 2.50 bits per heavy atom. The molecule has 12 nitrogen and oxygen atoms in total. The number of fused-ring (bicyclic) bond motifs is 3. The number of nitrogens with zero attached hydrogens (tertiary/aromatic N) is 3. The number of ether oxygens (including phenoxy) is 1. The van der Waals surface area contributed by atoms with E-state index in [1.165, 1.54) is 6.07 Å². The number of primary amides is 1. The van der Waals surface area contributed by atoms with Gasteiger partial charge in [-0.1, -0.05) is 19.0 Å². The Hall–Kier alpha value is -4.03. The lowest BCUT2D eigenvalue weighted by atomic mass is 9.59. The number of ketones is 2. The van der Waals surface area contributed by atoms with Gasteiger partial charge in [-0.3, -0.25) is 19.3 Å². The molecule has 0 spiro atoms. The number of carbonyl (C=O) groups excluding carboxylic acids is 3. The van der Waals surface area contributed by atoms with Crippen LogP contribution in [0.5, 0.6) is 5.75 Å². The van der Waals surface area contributed by atoms with Crippen LogP contribution in [0.4, 0.5) is 0 Å². The number of aromatic hydroxyl groups is 1. The minimum atomic E-state index is -1.31. The van der Waals surface area contributed by atoms with Gasteiger partial charge in [0.1, 0.15) is 22.8 Å². The number of amides is 1. The zero-order valence-electron chi connectivity index (χ0n) is 22.1. The van der Waals surface area contributed by atoms with Crippen molar-refractivity contribution < 1.29 is 39.0 Å². The van der Waals surface area contributed by atoms with Crippen molar-refractivity contribution in [2.75, 3.05) is 26.3 Å². The number of phenols is 1.